The third-order valence-electron chi connectivity index (χ3n) is 3.63. The third kappa shape index (κ3) is 5.01. The van der Waals surface area contributed by atoms with Crippen molar-refractivity contribution < 1.29 is 14.3 Å². The van der Waals surface area contributed by atoms with Gasteiger partial charge in [-0.05, 0) is 62.2 Å². The van der Waals surface area contributed by atoms with Crippen molar-refractivity contribution in [3.8, 4) is 11.5 Å². The average molecular weight is 327 g/mol. The maximum Gasteiger partial charge on any atom is 0.251 e. The van der Waals surface area contributed by atoms with Crippen LogP contribution in [0.4, 0.5) is 0 Å². The van der Waals surface area contributed by atoms with Crippen molar-refractivity contribution >= 4 is 5.91 Å². The molecule has 0 saturated heterocycles. The molecule has 0 fully saturated rings. The van der Waals surface area contributed by atoms with Gasteiger partial charge in [0.15, 0.2) is 0 Å². The summed E-state index contributed by atoms with van der Waals surface area (Å²) in [5.74, 6) is 1.52. The van der Waals surface area contributed by atoms with Crippen LogP contribution in [0.1, 0.15) is 49.2 Å². The van der Waals surface area contributed by atoms with Crippen LogP contribution >= 0.6 is 0 Å². The Morgan fingerprint density at radius 2 is 1.54 bits per heavy atom. The predicted octanol–water partition coefficient (Wildman–Crippen LogP) is 4.37. The van der Waals surface area contributed by atoms with Crippen LogP contribution in [0.2, 0.25) is 0 Å². The minimum Gasteiger partial charge on any atom is -0.494 e. The number of carbonyl (C=O) groups is 1. The second-order valence-electron chi connectivity index (χ2n) is 5.57. The van der Waals surface area contributed by atoms with Crippen molar-refractivity contribution in [1.29, 1.82) is 0 Å². The molecule has 0 aromatic heterocycles. The highest BCUT2D eigenvalue weighted by Gasteiger charge is 2.11. The number of nitrogens with one attached hydrogen (secondary N) is 1. The van der Waals surface area contributed by atoms with Crippen molar-refractivity contribution in [3.05, 3.63) is 59.7 Å². The molecule has 0 radical (unpaired) electrons. The maximum absolute atomic E-state index is 12.3. The first-order valence-electron chi connectivity index (χ1n) is 8.40. The van der Waals surface area contributed by atoms with E-state index in [1.165, 1.54) is 0 Å². The van der Waals surface area contributed by atoms with E-state index in [1.54, 1.807) is 12.1 Å². The van der Waals surface area contributed by atoms with Gasteiger partial charge in [0.1, 0.15) is 11.5 Å². The van der Waals surface area contributed by atoms with E-state index in [1.807, 2.05) is 50.2 Å². The number of carbonyl (C=O) groups excluding carboxylic acids is 1. The molecule has 0 aliphatic rings. The number of rotatable bonds is 8. The van der Waals surface area contributed by atoms with E-state index in [0.29, 0.717) is 18.8 Å². The monoisotopic (exact) mass is 327 g/mol. The standard InChI is InChI=1S/C20H25NO3/c1-4-14-24-19-12-8-17(9-13-19)20(22)21-15(3)16-6-10-18(11-7-16)23-5-2/h6-13,15H,4-5,14H2,1-3H3,(H,21,22)/t15-/m0/s1. The first-order valence-corrected chi connectivity index (χ1v) is 8.40. The Labute approximate surface area is 143 Å². The van der Waals surface area contributed by atoms with Gasteiger partial charge in [0.05, 0.1) is 19.3 Å². The molecular formula is C20H25NO3. The van der Waals surface area contributed by atoms with Crippen LogP contribution in [0.15, 0.2) is 48.5 Å². The zero-order chi connectivity index (χ0) is 17.4. The largest absolute Gasteiger partial charge is 0.494 e. The van der Waals surface area contributed by atoms with Gasteiger partial charge >= 0.3 is 0 Å². The van der Waals surface area contributed by atoms with E-state index in [2.05, 4.69) is 12.2 Å². The molecule has 0 saturated carbocycles. The van der Waals surface area contributed by atoms with Crippen LogP contribution in [0, 0.1) is 0 Å². The average Bonchev–Trinajstić information content (AvgIpc) is 2.61. The van der Waals surface area contributed by atoms with Gasteiger partial charge in [-0.1, -0.05) is 19.1 Å². The lowest BCUT2D eigenvalue weighted by molar-refractivity contribution is 0.0940. The number of benzene rings is 2. The van der Waals surface area contributed by atoms with Gasteiger partial charge in [0.25, 0.3) is 5.91 Å². The Morgan fingerprint density at radius 1 is 0.958 bits per heavy atom. The summed E-state index contributed by atoms with van der Waals surface area (Å²) in [7, 11) is 0. The Bertz CT molecular complexity index is 635. The van der Waals surface area contributed by atoms with Crippen LogP contribution in [-0.4, -0.2) is 19.1 Å². The lowest BCUT2D eigenvalue weighted by Gasteiger charge is -2.15. The summed E-state index contributed by atoms with van der Waals surface area (Å²) in [4.78, 5) is 12.3. The molecule has 2 aromatic rings. The van der Waals surface area contributed by atoms with Gasteiger partial charge in [-0.3, -0.25) is 4.79 Å². The van der Waals surface area contributed by atoms with E-state index in [9.17, 15) is 4.79 Å². The molecule has 2 aromatic carbocycles. The van der Waals surface area contributed by atoms with Crippen LogP contribution in [-0.2, 0) is 0 Å². The molecule has 24 heavy (non-hydrogen) atoms. The lowest BCUT2D eigenvalue weighted by atomic mass is 10.1. The summed E-state index contributed by atoms with van der Waals surface area (Å²) in [6, 6.07) is 14.9. The fraction of sp³-hybridized carbons (Fsp3) is 0.350. The van der Waals surface area contributed by atoms with E-state index in [-0.39, 0.29) is 11.9 Å². The van der Waals surface area contributed by atoms with Crippen LogP contribution in [0.25, 0.3) is 0 Å². The second-order valence-corrected chi connectivity index (χ2v) is 5.57. The number of ether oxygens (including phenoxy) is 2. The van der Waals surface area contributed by atoms with Crippen molar-refractivity contribution in [2.75, 3.05) is 13.2 Å². The number of amides is 1. The molecule has 0 aliphatic heterocycles. The molecule has 1 atom stereocenters. The maximum atomic E-state index is 12.3. The molecule has 1 amide bonds. The molecule has 1 N–H and O–H groups in total. The molecule has 0 spiro atoms. The van der Waals surface area contributed by atoms with Gasteiger partial charge < -0.3 is 14.8 Å². The van der Waals surface area contributed by atoms with Crippen LogP contribution in [0.5, 0.6) is 11.5 Å². The summed E-state index contributed by atoms with van der Waals surface area (Å²) in [5.41, 5.74) is 1.66. The molecule has 4 nitrogen and oxygen atoms in total. The van der Waals surface area contributed by atoms with Gasteiger partial charge in [-0.25, -0.2) is 0 Å². The summed E-state index contributed by atoms with van der Waals surface area (Å²) in [5, 5.41) is 3.01. The summed E-state index contributed by atoms with van der Waals surface area (Å²) >= 11 is 0. The summed E-state index contributed by atoms with van der Waals surface area (Å²) in [6.45, 7) is 7.30. The van der Waals surface area contributed by atoms with Crippen molar-refractivity contribution in [1.82, 2.24) is 5.32 Å². The number of hydrogen-bond donors (Lipinski definition) is 1. The predicted molar refractivity (Wildman–Crippen MR) is 95.7 cm³/mol. The topological polar surface area (TPSA) is 47.6 Å². The Morgan fingerprint density at radius 3 is 2.12 bits per heavy atom. The normalized spacial score (nSPS) is 11.6. The Kier molecular flexibility index (Phi) is 6.67. The summed E-state index contributed by atoms with van der Waals surface area (Å²) < 4.78 is 11.0. The lowest BCUT2D eigenvalue weighted by Crippen LogP contribution is -2.26. The Balaban J connectivity index is 1.95. The number of hydrogen-bond acceptors (Lipinski definition) is 3. The van der Waals surface area contributed by atoms with Gasteiger partial charge in [0.2, 0.25) is 0 Å². The van der Waals surface area contributed by atoms with E-state index in [0.717, 1.165) is 23.5 Å². The highest BCUT2D eigenvalue weighted by molar-refractivity contribution is 5.94. The zero-order valence-corrected chi connectivity index (χ0v) is 14.5. The zero-order valence-electron chi connectivity index (χ0n) is 14.5. The quantitative estimate of drug-likeness (QED) is 0.783. The molecule has 0 heterocycles. The molecule has 0 bridgehead atoms. The highest BCUT2D eigenvalue weighted by Crippen LogP contribution is 2.19. The fourth-order valence-electron chi connectivity index (χ4n) is 2.31. The van der Waals surface area contributed by atoms with Crippen LogP contribution < -0.4 is 14.8 Å². The molecule has 128 valence electrons. The first-order chi connectivity index (χ1) is 11.6. The van der Waals surface area contributed by atoms with Crippen molar-refractivity contribution in [3.63, 3.8) is 0 Å². The van der Waals surface area contributed by atoms with Gasteiger partial charge in [-0.15, -0.1) is 0 Å². The van der Waals surface area contributed by atoms with E-state index >= 15 is 0 Å². The van der Waals surface area contributed by atoms with Crippen LogP contribution in [0.3, 0.4) is 0 Å². The van der Waals surface area contributed by atoms with Gasteiger partial charge in [0, 0.05) is 5.56 Å². The summed E-state index contributed by atoms with van der Waals surface area (Å²) in [6.07, 6.45) is 0.960. The minimum atomic E-state index is -0.0987. The van der Waals surface area contributed by atoms with E-state index in [4.69, 9.17) is 9.47 Å². The molecular weight excluding hydrogens is 302 g/mol. The highest BCUT2D eigenvalue weighted by atomic mass is 16.5. The molecule has 4 heteroatoms. The molecule has 2 rings (SSSR count). The van der Waals surface area contributed by atoms with E-state index < -0.39 is 0 Å². The second kappa shape index (κ2) is 8.96. The van der Waals surface area contributed by atoms with Crippen molar-refractivity contribution in [2.24, 2.45) is 0 Å². The third-order valence-corrected chi connectivity index (χ3v) is 3.63. The fourth-order valence-corrected chi connectivity index (χ4v) is 2.31. The molecule has 0 aliphatic carbocycles. The van der Waals surface area contributed by atoms with Crippen molar-refractivity contribution in [2.45, 2.75) is 33.2 Å². The first kappa shape index (κ1) is 17.9. The SMILES string of the molecule is CCCOc1ccc(C(=O)N[C@@H](C)c2ccc(OCC)cc2)cc1. The minimum absolute atomic E-state index is 0.0794. The molecule has 0 unspecified atom stereocenters. The smallest absolute Gasteiger partial charge is 0.251 e. The Hall–Kier alpha value is -2.49. The van der Waals surface area contributed by atoms with Gasteiger partial charge in [-0.2, -0.15) is 0 Å².